The zero-order valence-electron chi connectivity index (χ0n) is 15.0. The zero-order chi connectivity index (χ0) is 18.2. The smallest absolute Gasteiger partial charge is 0.221 e. The Morgan fingerprint density at radius 2 is 2.16 bits per heavy atom. The summed E-state index contributed by atoms with van der Waals surface area (Å²) in [6.45, 7) is 9.50. The summed E-state index contributed by atoms with van der Waals surface area (Å²) in [5.74, 6) is 0.208. The van der Waals surface area contributed by atoms with E-state index in [4.69, 9.17) is 11.5 Å². The number of aliphatic imine (C=N–C) groups is 1. The second kappa shape index (κ2) is 9.22. The minimum Gasteiger partial charge on any atom is -0.370 e. The number of benzene rings is 1. The summed E-state index contributed by atoms with van der Waals surface area (Å²) < 4.78 is 0. The summed E-state index contributed by atoms with van der Waals surface area (Å²) in [4.78, 5) is 18.1. The average molecular weight is 343 g/mol. The van der Waals surface area contributed by atoms with E-state index in [9.17, 15) is 4.79 Å². The molecular weight excluding hydrogens is 314 g/mol. The molecule has 6 heteroatoms. The van der Waals surface area contributed by atoms with Gasteiger partial charge < -0.3 is 16.8 Å². The van der Waals surface area contributed by atoms with Crippen LogP contribution in [-0.2, 0) is 17.9 Å². The van der Waals surface area contributed by atoms with Crippen LogP contribution in [0.3, 0.4) is 0 Å². The Morgan fingerprint density at radius 1 is 1.40 bits per heavy atom. The third-order valence-electron chi connectivity index (χ3n) is 4.31. The van der Waals surface area contributed by atoms with Gasteiger partial charge in [0.25, 0.3) is 0 Å². The van der Waals surface area contributed by atoms with E-state index in [-0.39, 0.29) is 11.8 Å². The van der Waals surface area contributed by atoms with E-state index in [1.807, 2.05) is 19.1 Å². The Bertz CT molecular complexity index is 640. The molecule has 1 aromatic rings. The highest BCUT2D eigenvalue weighted by molar-refractivity contribution is 5.78. The molecule has 5 N–H and O–H groups in total. The lowest BCUT2D eigenvalue weighted by Crippen LogP contribution is -2.40. The van der Waals surface area contributed by atoms with Gasteiger partial charge in [-0.1, -0.05) is 36.4 Å². The van der Waals surface area contributed by atoms with Crippen molar-refractivity contribution in [3.63, 3.8) is 0 Å². The third-order valence-corrected chi connectivity index (χ3v) is 4.31. The standard InChI is InChI=1S/C19H29N5O/c1-14(2)10-22-19(21)23-11-15-5-3-6-16(9-15)12-24-8-4-7-17(13-24)18(20)25/h3,5-6,9,17H,1,4,7-8,10-13H2,2H3,(H2,20,25)(H3,21,22,23). The predicted molar refractivity (Wildman–Crippen MR) is 102 cm³/mol. The Labute approximate surface area is 150 Å². The molecule has 0 saturated carbocycles. The highest BCUT2D eigenvalue weighted by Crippen LogP contribution is 2.18. The third kappa shape index (κ3) is 6.58. The normalized spacial score (nSPS) is 18.8. The lowest BCUT2D eigenvalue weighted by atomic mass is 9.97. The zero-order valence-corrected chi connectivity index (χ0v) is 15.0. The first-order valence-electron chi connectivity index (χ1n) is 8.71. The van der Waals surface area contributed by atoms with Crippen molar-refractivity contribution in [2.75, 3.05) is 19.6 Å². The molecule has 1 saturated heterocycles. The van der Waals surface area contributed by atoms with E-state index < -0.39 is 0 Å². The van der Waals surface area contributed by atoms with E-state index in [0.717, 1.165) is 43.6 Å². The molecule has 136 valence electrons. The second-order valence-electron chi connectivity index (χ2n) is 6.81. The molecular formula is C19H29N5O. The minimum absolute atomic E-state index is 0.0271. The van der Waals surface area contributed by atoms with Crippen LogP contribution in [0.15, 0.2) is 41.4 Å². The van der Waals surface area contributed by atoms with Crippen molar-refractivity contribution in [1.29, 1.82) is 0 Å². The van der Waals surface area contributed by atoms with E-state index in [0.29, 0.717) is 19.0 Å². The number of amides is 1. The molecule has 0 spiro atoms. The Hall–Kier alpha value is -2.34. The number of carbonyl (C=O) groups is 1. The van der Waals surface area contributed by atoms with E-state index >= 15 is 0 Å². The van der Waals surface area contributed by atoms with E-state index in [1.54, 1.807) is 0 Å². The molecule has 1 fully saturated rings. The van der Waals surface area contributed by atoms with Crippen molar-refractivity contribution in [3.05, 3.63) is 47.5 Å². The second-order valence-corrected chi connectivity index (χ2v) is 6.81. The van der Waals surface area contributed by atoms with Crippen LogP contribution in [-0.4, -0.2) is 36.4 Å². The number of primary amides is 1. The monoisotopic (exact) mass is 343 g/mol. The van der Waals surface area contributed by atoms with Gasteiger partial charge in [0.1, 0.15) is 0 Å². The molecule has 1 aromatic carbocycles. The number of nitrogens with zero attached hydrogens (tertiary/aromatic N) is 2. The number of rotatable bonds is 7. The number of nitrogens with two attached hydrogens (primary N) is 2. The molecule has 0 aromatic heterocycles. The molecule has 1 aliphatic heterocycles. The van der Waals surface area contributed by atoms with Crippen LogP contribution in [0, 0.1) is 5.92 Å². The fraction of sp³-hybridized carbons (Fsp3) is 0.474. The van der Waals surface area contributed by atoms with Gasteiger partial charge in [-0.25, -0.2) is 4.99 Å². The quantitative estimate of drug-likeness (QED) is 0.396. The van der Waals surface area contributed by atoms with Gasteiger partial charge in [0.2, 0.25) is 5.91 Å². The molecule has 0 aliphatic carbocycles. The first-order valence-corrected chi connectivity index (χ1v) is 8.71. The summed E-state index contributed by atoms with van der Waals surface area (Å²) in [5, 5.41) is 3.02. The summed E-state index contributed by atoms with van der Waals surface area (Å²) in [7, 11) is 0. The highest BCUT2D eigenvalue weighted by atomic mass is 16.1. The average Bonchev–Trinajstić information content (AvgIpc) is 2.58. The molecule has 1 amide bonds. The first kappa shape index (κ1) is 19.0. The SMILES string of the molecule is C=C(C)CNC(N)=NCc1cccc(CN2CCCC(C(N)=O)C2)c1. The summed E-state index contributed by atoms with van der Waals surface area (Å²) >= 11 is 0. The molecule has 6 nitrogen and oxygen atoms in total. The number of likely N-dealkylation sites (tertiary alicyclic amines) is 1. The Balaban J connectivity index is 1.91. The van der Waals surface area contributed by atoms with E-state index in [1.165, 1.54) is 5.56 Å². The lowest BCUT2D eigenvalue weighted by molar-refractivity contribution is -0.123. The number of piperidine rings is 1. The van der Waals surface area contributed by atoms with Crippen LogP contribution in [0.2, 0.25) is 0 Å². The fourth-order valence-electron chi connectivity index (χ4n) is 2.99. The molecule has 25 heavy (non-hydrogen) atoms. The number of guanidine groups is 1. The fourth-order valence-corrected chi connectivity index (χ4v) is 2.99. The number of nitrogens with one attached hydrogen (secondary N) is 1. The summed E-state index contributed by atoms with van der Waals surface area (Å²) in [6, 6.07) is 8.32. The molecule has 1 unspecified atom stereocenters. The van der Waals surface area contributed by atoms with Gasteiger partial charge >= 0.3 is 0 Å². The van der Waals surface area contributed by atoms with Crippen molar-refractivity contribution in [2.45, 2.75) is 32.9 Å². The lowest BCUT2D eigenvalue weighted by Gasteiger charge is -2.31. The van der Waals surface area contributed by atoms with Crippen molar-refractivity contribution >= 4 is 11.9 Å². The Kier molecular flexibility index (Phi) is 7.01. The van der Waals surface area contributed by atoms with Gasteiger partial charge in [-0.05, 0) is 37.4 Å². The van der Waals surface area contributed by atoms with Crippen LogP contribution in [0.4, 0.5) is 0 Å². The highest BCUT2D eigenvalue weighted by Gasteiger charge is 2.23. The van der Waals surface area contributed by atoms with Gasteiger partial charge in [0.05, 0.1) is 12.5 Å². The predicted octanol–water partition coefficient (Wildman–Crippen LogP) is 1.36. The van der Waals surface area contributed by atoms with Crippen LogP contribution < -0.4 is 16.8 Å². The molecule has 1 atom stereocenters. The summed E-state index contributed by atoms with van der Waals surface area (Å²) in [6.07, 6.45) is 1.92. The maximum Gasteiger partial charge on any atom is 0.221 e. The minimum atomic E-state index is -0.189. The number of carbonyl (C=O) groups excluding carboxylic acids is 1. The van der Waals surface area contributed by atoms with Crippen LogP contribution in [0.5, 0.6) is 0 Å². The van der Waals surface area contributed by atoms with Crippen molar-refractivity contribution < 1.29 is 4.79 Å². The van der Waals surface area contributed by atoms with Crippen LogP contribution >= 0.6 is 0 Å². The molecule has 0 bridgehead atoms. The van der Waals surface area contributed by atoms with E-state index in [2.05, 4.69) is 33.9 Å². The first-order chi connectivity index (χ1) is 11.9. The molecule has 1 heterocycles. The topological polar surface area (TPSA) is 96.7 Å². The number of hydrogen-bond donors (Lipinski definition) is 3. The summed E-state index contributed by atoms with van der Waals surface area (Å²) in [5.41, 5.74) is 14.6. The maximum atomic E-state index is 11.4. The van der Waals surface area contributed by atoms with Gasteiger partial charge in [-0.2, -0.15) is 0 Å². The van der Waals surface area contributed by atoms with Gasteiger partial charge in [-0.15, -0.1) is 0 Å². The Morgan fingerprint density at radius 3 is 2.88 bits per heavy atom. The van der Waals surface area contributed by atoms with Crippen LogP contribution in [0.1, 0.15) is 30.9 Å². The van der Waals surface area contributed by atoms with Crippen molar-refractivity contribution in [2.24, 2.45) is 22.4 Å². The van der Waals surface area contributed by atoms with Crippen molar-refractivity contribution in [3.8, 4) is 0 Å². The molecule has 1 aliphatic rings. The maximum absolute atomic E-state index is 11.4. The molecule has 2 rings (SSSR count). The van der Waals surface area contributed by atoms with Crippen LogP contribution in [0.25, 0.3) is 0 Å². The van der Waals surface area contributed by atoms with Crippen molar-refractivity contribution in [1.82, 2.24) is 10.2 Å². The van der Waals surface area contributed by atoms with Gasteiger partial charge in [0, 0.05) is 19.6 Å². The largest absolute Gasteiger partial charge is 0.370 e. The number of hydrogen-bond acceptors (Lipinski definition) is 3. The molecule has 0 radical (unpaired) electrons. The van der Waals surface area contributed by atoms with Gasteiger partial charge in [0.15, 0.2) is 5.96 Å². The van der Waals surface area contributed by atoms with Gasteiger partial charge in [-0.3, -0.25) is 9.69 Å².